The number of aliphatic hydroxyl groups is 1. The number of fused-ring (bicyclic) bond motifs is 1. The summed E-state index contributed by atoms with van der Waals surface area (Å²) in [6, 6.07) is 1.78. The van der Waals surface area contributed by atoms with E-state index in [9.17, 15) is 9.90 Å². The molecule has 1 N–H and O–H groups in total. The van der Waals surface area contributed by atoms with Crippen LogP contribution in [0.25, 0.3) is 0 Å². The summed E-state index contributed by atoms with van der Waals surface area (Å²) in [5, 5.41) is 10.4. The molecule has 4 rings (SSSR count). The molecule has 3 aliphatic rings. The van der Waals surface area contributed by atoms with E-state index in [0.29, 0.717) is 12.1 Å². The smallest absolute Gasteiger partial charge is 0.399 e. The number of nitrogens with zero attached hydrogens (tertiary/aromatic N) is 2. The maximum Gasteiger partial charge on any atom is 0.496 e. The van der Waals surface area contributed by atoms with E-state index < -0.39 is 24.4 Å². The molecule has 0 radical (unpaired) electrons. The lowest BCUT2D eigenvalue weighted by Crippen LogP contribution is -2.45. The van der Waals surface area contributed by atoms with E-state index >= 15 is 0 Å². The molecule has 2 unspecified atom stereocenters. The second-order valence-electron chi connectivity index (χ2n) is 9.10. The summed E-state index contributed by atoms with van der Waals surface area (Å²) >= 11 is 0. The molecule has 1 aliphatic carbocycles. The molecule has 146 valence electrons. The number of carbonyl (C=O) groups excluding carboxylic acids is 1. The van der Waals surface area contributed by atoms with Crippen molar-refractivity contribution in [3.63, 3.8) is 0 Å². The van der Waals surface area contributed by atoms with Gasteiger partial charge in [-0.2, -0.15) is 0 Å². The van der Waals surface area contributed by atoms with Crippen LogP contribution in [0.4, 0.5) is 0 Å². The molecule has 0 spiro atoms. The average molecular weight is 372 g/mol. The van der Waals surface area contributed by atoms with Gasteiger partial charge in [0.05, 0.1) is 41.2 Å². The van der Waals surface area contributed by atoms with Crippen LogP contribution < -0.4 is 5.46 Å². The van der Waals surface area contributed by atoms with Gasteiger partial charge in [-0.3, -0.25) is 9.78 Å². The number of hydrogen-bond donors (Lipinski definition) is 1. The van der Waals surface area contributed by atoms with E-state index in [2.05, 4.69) is 0 Å². The molecule has 27 heavy (non-hydrogen) atoms. The van der Waals surface area contributed by atoms with Crippen LogP contribution in [0.3, 0.4) is 0 Å². The van der Waals surface area contributed by atoms with Gasteiger partial charge in [0.15, 0.2) is 0 Å². The average Bonchev–Trinajstić information content (AvgIpc) is 3.00. The Bertz CT molecular complexity index is 763. The highest BCUT2D eigenvalue weighted by molar-refractivity contribution is 6.62. The van der Waals surface area contributed by atoms with Gasteiger partial charge in [-0.15, -0.1) is 0 Å². The SMILES string of the molecule is Cc1nc2c(cc1B1OC(C)(C)C(C)(C)O1)C(=O)N(C1CCCCC1O)C2. The highest BCUT2D eigenvalue weighted by Crippen LogP contribution is 2.37. The lowest BCUT2D eigenvalue weighted by molar-refractivity contribution is 0.00578. The summed E-state index contributed by atoms with van der Waals surface area (Å²) in [5.74, 6) is -0.0405. The van der Waals surface area contributed by atoms with Crippen LogP contribution in [0.5, 0.6) is 0 Å². The maximum atomic E-state index is 13.1. The molecule has 0 aromatic carbocycles. The van der Waals surface area contributed by atoms with Crippen LogP contribution in [0, 0.1) is 6.92 Å². The number of aryl methyl sites for hydroxylation is 1. The molecule has 1 amide bonds. The zero-order valence-corrected chi connectivity index (χ0v) is 16.9. The number of rotatable bonds is 2. The minimum Gasteiger partial charge on any atom is -0.399 e. The summed E-state index contributed by atoms with van der Waals surface area (Å²) in [6.45, 7) is 10.5. The van der Waals surface area contributed by atoms with Gasteiger partial charge < -0.3 is 19.3 Å². The summed E-state index contributed by atoms with van der Waals surface area (Å²) in [6.07, 6.45) is 3.24. The maximum absolute atomic E-state index is 13.1. The minimum absolute atomic E-state index is 0.0405. The Hall–Kier alpha value is -1.44. The molecule has 6 nitrogen and oxygen atoms in total. The highest BCUT2D eigenvalue weighted by atomic mass is 16.7. The molecule has 7 heteroatoms. The number of carbonyl (C=O) groups is 1. The molecule has 2 aliphatic heterocycles. The van der Waals surface area contributed by atoms with Crippen molar-refractivity contribution in [1.29, 1.82) is 0 Å². The van der Waals surface area contributed by atoms with Crippen LogP contribution in [-0.2, 0) is 15.9 Å². The zero-order valence-electron chi connectivity index (χ0n) is 16.9. The van der Waals surface area contributed by atoms with Gasteiger partial charge in [0.1, 0.15) is 0 Å². The third-order valence-corrected chi connectivity index (χ3v) is 6.74. The summed E-state index contributed by atoms with van der Waals surface area (Å²) in [7, 11) is -0.532. The third kappa shape index (κ3) is 3.00. The third-order valence-electron chi connectivity index (χ3n) is 6.74. The van der Waals surface area contributed by atoms with Crippen molar-refractivity contribution >= 4 is 18.5 Å². The first kappa shape index (κ1) is 18.9. The Kier molecular flexibility index (Phi) is 4.41. The molecule has 1 saturated carbocycles. The Morgan fingerprint density at radius 1 is 1.19 bits per heavy atom. The van der Waals surface area contributed by atoms with E-state index in [1.165, 1.54) is 0 Å². The van der Waals surface area contributed by atoms with Crippen molar-refractivity contribution < 1.29 is 19.2 Å². The van der Waals surface area contributed by atoms with E-state index in [1.807, 2.05) is 40.7 Å². The second-order valence-corrected chi connectivity index (χ2v) is 9.10. The van der Waals surface area contributed by atoms with Crippen molar-refractivity contribution in [1.82, 2.24) is 9.88 Å². The minimum atomic E-state index is -0.532. The molecular weight excluding hydrogens is 343 g/mol. The fraction of sp³-hybridized carbons (Fsp3) is 0.700. The molecule has 1 aromatic rings. The standard InChI is InChI=1S/C20H29BN2O4/c1-12-14(21-26-19(2,3)20(4,5)27-21)10-13-15(22-12)11-23(18(13)25)16-8-6-7-9-17(16)24/h10,16-17,24H,6-9,11H2,1-5H3. The number of pyridine rings is 1. The van der Waals surface area contributed by atoms with Crippen LogP contribution in [0.15, 0.2) is 6.07 Å². The van der Waals surface area contributed by atoms with Crippen molar-refractivity contribution in [2.45, 2.75) is 90.2 Å². The first-order chi connectivity index (χ1) is 12.6. The quantitative estimate of drug-likeness (QED) is 0.804. The molecular formula is C20H29BN2O4. The Balaban J connectivity index is 1.63. The number of hydrogen-bond acceptors (Lipinski definition) is 5. The van der Waals surface area contributed by atoms with Gasteiger partial charge in [0.2, 0.25) is 0 Å². The molecule has 1 saturated heterocycles. The van der Waals surface area contributed by atoms with Crippen molar-refractivity contribution in [3.8, 4) is 0 Å². The van der Waals surface area contributed by atoms with Gasteiger partial charge in [-0.05, 0) is 53.5 Å². The summed E-state index contributed by atoms with van der Waals surface area (Å²) in [4.78, 5) is 19.6. The van der Waals surface area contributed by atoms with Gasteiger partial charge in [0.25, 0.3) is 5.91 Å². The van der Waals surface area contributed by atoms with Crippen molar-refractivity contribution in [2.75, 3.05) is 0 Å². The van der Waals surface area contributed by atoms with Crippen LogP contribution >= 0.6 is 0 Å². The molecule has 1 aromatic heterocycles. The van der Waals surface area contributed by atoms with Crippen LogP contribution in [-0.4, -0.2) is 51.4 Å². The van der Waals surface area contributed by atoms with Crippen molar-refractivity contribution in [2.24, 2.45) is 0 Å². The van der Waals surface area contributed by atoms with E-state index in [1.54, 1.807) is 4.90 Å². The summed E-state index contributed by atoms with van der Waals surface area (Å²) in [5.41, 5.74) is 2.16. The topological polar surface area (TPSA) is 71.9 Å². The fourth-order valence-electron chi connectivity index (χ4n) is 4.30. The predicted octanol–water partition coefficient (Wildman–Crippen LogP) is 1.95. The molecule has 2 atom stereocenters. The lowest BCUT2D eigenvalue weighted by atomic mass is 9.77. The second kappa shape index (κ2) is 6.29. The zero-order chi connectivity index (χ0) is 19.6. The monoisotopic (exact) mass is 372 g/mol. The van der Waals surface area contributed by atoms with Gasteiger partial charge >= 0.3 is 7.12 Å². The van der Waals surface area contributed by atoms with Crippen molar-refractivity contribution in [3.05, 3.63) is 23.0 Å². The van der Waals surface area contributed by atoms with Crippen LogP contribution in [0.2, 0.25) is 0 Å². The Morgan fingerprint density at radius 2 is 1.81 bits per heavy atom. The Morgan fingerprint density at radius 3 is 2.44 bits per heavy atom. The predicted molar refractivity (Wildman–Crippen MR) is 103 cm³/mol. The summed E-state index contributed by atoms with van der Waals surface area (Å²) < 4.78 is 12.3. The number of amides is 1. The van der Waals surface area contributed by atoms with Gasteiger partial charge in [0, 0.05) is 11.2 Å². The first-order valence-corrected chi connectivity index (χ1v) is 9.96. The van der Waals surface area contributed by atoms with Gasteiger partial charge in [-0.1, -0.05) is 12.8 Å². The van der Waals surface area contributed by atoms with E-state index in [4.69, 9.17) is 14.3 Å². The first-order valence-electron chi connectivity index (χ1n) is 9.96. The number of aliphatic hydroxyl groups excluding tert-OH is 1. The fourth-order valence-corrected chi connectivity index (χ4v) is 4.30. The highest BCUT2D eigenvalue weighted by Gasteiger charge is 2.52. The number of aromatic nitrogens is 1. The lowest BCUT2D eigenvalue weighted by Gasteiger charge is -2.34. The molecule has 2 fully saturated rings. The van der Waals surface area contributed by atoms with E-state index in [-0.39, 0.29) is 11.9 Å². The normalized spacial score (nSPS) is 29.3. The van der Waals surface area contributed by atoms with Crippen LogP contribution in [0.1, 0.15) is 75.1 Å². The van der Waals surface area contributed by atoms with Gasteiger partial charge in [-0.25, -0.2) is 0 Å². The molecule has 0 bridgehead atoms. The Labute approximate surface area is 161 Å². The largest absolute Gasteiger partial charge is 0.496 e. The molecule has 3 heterocycles. The van der Waals surface area contributed by atoms with E-state index in [0.717, 1.165) is 42.5 Å².